The van der Waals surface area contributed by atoms with Crippen LogP contribution in [0.3, 0.4) is 0 Å². The SMILES string of the molecule is Cc1cccc2sc(=NC(=O)Cc3ccccc3)n(C)c12. The molecule has 1 heterocycles. The predicted octanol–water partition coefficient (Wildman–Crippen LogP) is 3.22. The summed E-state index contributed by atoms with van der Waals surface area (Å²) in [5.41, 5.74) is 3.34. The Balaban J connectivity index is 1.98. The second kappa shape index (κ2) is 5.66. The van der Waals surface area contributed by atoms with Gasteiger partial charge in [0.05, 0.1) is 16.6 Å². The molecule has 2 aromatic carbocycles. The predicted molar refractivity (Wildman–Crippen MR) is 86.2 cm³/mol. The van der Waals surface area contributed by atoms with Crippen molar-refractivity contribution in [3.63, 3.8) is 0 Å². The quantitative estimate of drug-likeness (QED) is 0.715. The number of para-hydroxylation sites is 1. The molecule has 3 rings (SSSR count). The highest BCUT2D eigenvalue weighted by Crippen LogP contribution is 2.19. The van der Waals surface area contributed by atoms with Crippen LogP contribution >= 0.6 is 11.3 Å². The maximum absolute atomic E-state index is 12.1. The number of amides is 1. The first-order valence-corrected chi connectivity index (χ1v) is 7.63. The molecule has 0 N–H and O–H groups in total. The molecule has 1 amide bonds. The summed E-state index contributed by atoms with van der Waals surface area (Å²) in [7, 11) is 1.96. The van der Waals surface area contributed by atoms with Crippen LogP contribution in [0.5, 0.6) is 0 Å². The molecule has 106 valence electrons. The Labute approximate surface area is 127 Å². The number of aryl methyl sites for hydroxylation is 2. The van der Waals surface area contributed by atoms with Gasteiger partial charge < -0.3 is 4.57 Å². The topological polar surface area (TPSA) is 34.4 Å². The van der Waals surface area contributed by atoms with Gasteiger partial charge in [0.2, 0.25) is 0 Å². The number of hydrogen-bond donors (Lipinski definition) is 0. The minimum atomic E-state index is -0.110. The van der Waals surface area contributed by atoms with Gasteiger partial charge in [0.15, 0.2) is 4.80 Å². The molecule has 21 heavy (non-hydrogen) atoms. The third-order valence-electron chi connectivity index (χ3n) is 3.44. The Hall–Kier alpha value is -2.20. The number of benzene rings is 2. The van der Waals surface area contributed by atoms with Crippen molar-refractivity contribution < 1.29 is 4.79 Å². The van der Waals surface area contributed by atoms with E-state index < -0.39 is 0 Å². The minimum absolute atomic E-state index is 0.110. The summed E-state index contributed by atoms with van der Waals surface area (Å²) in [6.45, 7) is 2.07. The highest BCUT2D eigenvalue weighted by Gasteiger charge is 2.07. The molecule has 3 aromatic rings. The smallest absolute Gasteiger partial charge is 0.252 e. The van der Waals surface area contributed by atoms with Gasteiger partial charge in [-0.3, -0.25) is 4.79 Å². The Morgan fingerprint density at radius 2 is 1.90 bits per heavy atom. The molecule has 0 saturated carbocycles. The van der Waals surface area contributed by atoms with E-state index in [1.807, 2.05) is 48.0 Å². The van der Waals surface area contributed by atoms with Crippen molar-refractivity contribution in [2.45, 2.75) is 13.3 Å². The average molecular weight is 296 g/mol. The normalized spacial score (nSPS) is 12.0. The van der Waals surface area contributed by atoms with Crippen LogP contribution in [0.1, 0.15) is 11.1 Å². The number of carbonyl (C=O) groups is 1. The molecule has 4 heteroatoms. The van der Waals surface area contributed by atoms with E-state index in [1.54, 1.807) is 11.3 Å². The van der Waals surface area contributed by atoms with Crippen LogP contribution in [0.2, 0.25) is 0 Å². The Kier molecular flexibility index (Phi) is 3.71. The van der Waals surface area contributed by atoms with Crippen LogP contribution < -0.4 is 4.80 Å². The highest BCUT2D eigenvalue weighted by molar-refractivity contribution is 7.16. The van der Waals surface area contributed by atoms with E-state index in [-0.39, 0.29) is 5.91 Å². The van der Waals surface area contributed by atoms with E-state index in [0.29, 0.717) is 6.42 Å². The van der Waals surface area contributed by atoms with Crippen LogP contribution in [-0.2, 0) is 18.3 Å². The lowest BCUT2D eigenvalue weighted by Crippen LogP contribution is -2.14. The second-order valence-electron chi connectivity index (χ2n) is 5.03. The fourth-order valence-electron chi connectivity index (χ4n) is 2.42. The Morgan fingerprint density at radius 1 is 1.14 bits per heavy atom. The zero-order valence-electron chi connectivity index (χ0n) is 12.0. The van der Waals surface area contributed by atoms with Crippen LogP contribution in [0.4, 0.5) is 0 Å². The molecular weight excluding hydrogens is 280 g/mol. The van der Waals surface area contributed by atoms with Gasteiger partial charge >= 0.3 is 0 Å². The van der Waals surface area contributed by atoms with Crippen molar-refractivity contribution >= 4 is 27.5 Å². The summed E-state index contributed by atoms with van der Waals surface area (Å²) in [5, 5.41) is 0. The lowest BCUT2D eigenvalue weighted by molar-refractivity contribution is -0.117. The number of thiazole rings is 1. The van der Waals surface area contributed by atoms with Gasteiger partial charge in [-0.25, -0.2) is 0 Å². The molecule has 0 fully saturated rings. The maximum Gasteiger partial charge on any atom is 0.252 e. The molecule has 0 atom stereocenters. The van der Waals surface area contributed by atoms with Gasteiger partial charge in [-0.15, -0.1) is 0 Å². The molecule has 0 bridgehead atoms. The monoisotopic (exact) mass is 296 g/mol. The molecule has 3 nitrogen and oxygen atoms in total. The van der Waals surface area contributed by atoms with Crippen LogP contribution in [0, 0.1) is 6.92 Å². The van der Waals surface area contributed by atoms with Crippen molar-refractivity contribution in [3.8, 4) is 0 Å². The van der Waals surface area contributed by atoms with Crippen LogP contribution in [-0.4, -0.2) is 10.5 Å². The third-order valence-corrected chi connectivity index (χ3v) is 4.54. The molecule has 0 unspecified atom stereocenters. The number of nitrogens with zero attached hydrogens (tertiary/aromatic N) is 2. The van der Waals surface area contributed by atoms with Crippen LogP contribution in [0.25, 0.3) is 10.2 Å². The molecular formula is C17H16N2OS. The number of aromatic nitrogens is 1. The minimum Gasteiger partial charge on any atom is -0.319 e. The molecule has 0 saturated heterocycles. The summed E-state index contributed by atoms with van der Waals surface area (Å²) >= 11 is 1.55. The standard InChI is InChI=1S/C17H16N2OS/c1-12-7-6-10-14-16(12)19(2)17(21-14)18-15(20)11-13-8-4-3-5-9-13/h3-10H,11H2,1-2H3. The summed E-state index contributed by atoms with van der Waals surface area (Å²) < 4.78 is 3.15. The Morgan fingerprint density at radius 3 is 2.62 bits per heavy atom. The van der Waals surface area contributed by atoms with Crippen molar-refractivity contribution in [2.24, 2.45) is 12.0 Å². The van der Waals surface area contributed by atoms with E-state index in [4.69, 9.17) is 0 Å². The summed E-state index contributed by atoms with van der Waals surface area (Å²) in [6, 6.07) is 15.9. The molecule has 0 aliphatic heterocycles. The molecule has 1 aromatic heterocycles. The molecule has 0 aliphatic carbocycles. The van der Waals surface area contributed by atoms with Gasteiger partial charge in [0.25, 0.3) is 5.91 Å². The van der Waals surface area contributed by atoms with Gasteiger partial charge in [-0.05, 0) is 24.1 Å². The third kappa shape index (κ3) is 2.81. The van der Waals surface area contributed by atoms with Gasteiger partial charge in [-0.1, -0.05) is 53.8 Å². The van der Waals surface area contributed by atoms with E-state index in [2.05, 4.69) is 24.0 Å². The fraction of sp³-hybridized carbons (Fsp3) is 0.176. The first kappa shape index (κ1) is 13.8. The van der Waals surface area contributed by atoms with Crippen LogP contribution in [0.15, 0.2) is 53.5 Å². The number of hydrogen-bond acceptors (Lipinski definition) is 2. The van der Waals surface area contributed by atoms with Gasteiger partial charge in [0.1, 0.15) is 0 Å². The molecule has 0 radical (unpaired) electrons. The lowest BCUT2D eigenvalue weighted by atomic mass is 10.1. The molecule has 0 spiro atoms. The van der Waals surface area contributed by atoms with Crippen molar-refractivity contribution in [1.82, 2.24) is 4.57 Å². The van der Waals surface area contributed by atoms with Crippen molar-refractivity contribution in [3.05, 3.63) is 64.5 Å². The van der Waals surface area contributed by atoms with Crippen molar-refractivity contribution in [2.75, 3.05) is 0 Å². The number of rotatable bonds is 2. The average Bonchev–Trinajstić information content (AvgIpc) is 2.77. The van der Waals surface area contributed by atoms with E-state index in [9.17, 15) is 4.79 Å². The van der Waals surface area contributed by atoms with E-state index in [1.165, 1.54) is 5.56 Å². The Bertz CT molecular complexity index is 859. The largest absolute Gasteiger partial charge is 0.319 e. The summed E-state index contributed by atoms with van der Waals surface area (Å²) in [4.78, 5) is 17.1. The maximum atomic E-state index is 12.1. The second-order valence-corrected chi connectivity index (χ2v) is 6.04. The zero-order chi connectivity index (χ0) is 14.8. The molecule has 0 aliphatic rings. The van der Waals surface area contributed by atoms with E-state index >= 15 is 0 Å². The van der Waals surface area contributed by atoms with Gasteiger partial charge in [0, 0.05) is 7.05 Å². The van der Waals surface area contributed by atoms with E-state index in [0.717, 1.165) is 20.6 Å². The van der Waals surface area contributed by atoms with Crippen molar-refractivity contribution in [1.29, 1.82) is 0 Å². The van der Waals surface area contributed by atoms with Gasteiger partial charge in [-0.2, -0.15) is 4.99 Å². The number of fused-ring (bicyclic) bond motifs is 1. The first-order valence-electron chi connectivity index (χ1n) is 6.82. The fourth-order valence-corrected chi connectivity index (χ4v) is 3.53. The first-order chi connectivity index (χ1) is 10.1. The lowest BCUT2D eigenvalue weighted by Gasteiger charge is -1.99. The number of carbonyl (C=O) groups excluding carboxylic acids is 1. The zero-order valence-corrected chi connectivity index (χ0v) is 12.9. The summed E-state index contributed by atoms with van der Waals surface area (Å²) in [5.74, 6) is -0.110. The highest BCUT2D eigenvalue weighted by atomic mass is 32.1. The summed E-state index contributed by atoms with van der Waals surface area (Å²) in [6.07, 6.45) is 0.341.